The Morgan fingerprint density at radius 2 is 1.67 bits per heavy atom. The molecule has 0 radical (unpaired) electrons. The predicted octanol–water partition coefficient (Wildman–Crippen LogP) is 3.65. The van der Waals surface area contributed by atoms with E-state index in [4.69, 9.17) is 0 Å². The second kappa shape index (κ2) is 4.04. The van der Waals surface area contributed by atoms with E-state index in [0.29, 0.717) is 5.41 Å². The van der Waals surface area contributed by atoms with E-state index < -0.39 is 21.4 Å². The zero-order valence-corrected chi connectivity index (χ0v) is 12.0. The summed E-state index contributed by atoms with van der Waals surface area (Å²) in [6.45, 7) is 7.09. The van der Waals surface area contributed by atoms with Crippen LogP contribution in [-0.4, -0.2) is 21.4 Å². The monoisotopic (exact) mass is 266 g/mol. The van der Waals surface area contributed by atoms with E-state index in [0.717, 1.165) is 3.67 Å². The number of hydrogen-bond donors (Lipinski definition) is 0. The molecule has 0 unspecified atom stereocenters. The van der Waals surface area contributed by atoms with Crippen LogP contribution in [0.5, 0.6) is 0 Å². The van der Waals surface area contributed by atoms with Gasteiger partial charge in [-0.2, -0.15) is 0 Å². The molecule has 0 amide bonds. The standard InChI is InChI=1S/C5H5.C5H11.CH3.In/c1-2-4-5-3-1;1-5(2,3)4;;/h1-5H;1H2,2-4H3;1H3;. The molecule has 12 heavy (non-hydrogen) atoms. The van der Waals surface area contributed by atoms with Crippen molar-refractivity contribution >= 4 is 21.4 Å². The van der Waals surface area contributed by atoms with Crippen LogP contribution >= 0.6 is 0 Å². The van der Waals surface area contributed by atoms with Crippen LogP contribution in [0.4, 0.5) is 0 Å². The van der Waals surface area contributed by atoms with Crippen LogP contribution in [0.15, 0.2) is 24.3 Å². The van der Waals surface area contributed by atoms with Crippen molar-refractivity contribution in [3.8, 4) is 0 Å². The van der Waals surface area contributed by atoms with E-state index in [1.54, 1.807) is 0 Å². The quantitative estimate of drug-likeness (QED) is 0.715. The number of allylic oxidation sites excluding steroid dienone is 4. The molecule has 0 aromatic rings. The molecule has 0 atom stereocenters. The van der Waals surface area contributed by atoms with Gasteiger partial charge in [0.1, 0.15) is 0 Å². The molecule has 0 aliphatic heterocycles. The molecule has 1 heteroatoms. The van der Waals surface area contributed by atoms with Crippen LogP contribution in [-0.2, 0) is 0 Å². The van der Waals surface area contributed by atoms with Crippen LogP contribution in [0.2, 0.25) is 12.5 Å². The normalized spacial score (nSPS) is 17.3. The average molecular weight is 266 g/mol. The summed E-state index contributed by atoms with van der Waals surface area (Å²) in [5.41, 5.74) is 0.555. The zero-order valence-electron chi connectivity index (χ0n) is 8.67. The zero-order chi connectivity index (χ0) is 9.19. The van der Waals surface area contributed by atoms with Crippen molar-refractivity contribution in [1.82, 2.24) is 0 Å². The molecule has 1 aliphatic carbocycles. The van der Waals surface area contributed by atoms with Gasteiger partial charge in [-0.15, -0.1) is 0 Å². The van der Waals surface area contributed by atoms with Crippen LogP contribution in [0.1, 0.15) is 20.8 Å². The fourth-order valence-corrected chi connectivity index (χ4v) is 11.1. The maximum absolute atomic E-state index is 2.55. The molecular formula is C11H19In. The van der Waals surface area contributed by atoms with Crippen LogP contribution in [0, 0.1) is 5.41 Å². The van der Waals surface area contributed by atoms with Crippen molar-refractivity contribution in [3.63, 3.8) is 0 Å². The Bertz CT molecular complexity index is 184. The van der Waals surface area contributed by atoms with Gasteiger partial charge < -0.3 is 0 Å². The third-order valence-corrected chi connectivity index (χ3v) is 12.7. The second-order valence-corrected chi connectivity index (χ2v) is 14.0. The van der Waals surface area contributed by atoms with Crippen molar-refractivity contribution < 1.29 is 0 Å². The minimum atomic E-state index is -1.23. The number of hydrogen-bond acceptors (Lipinski definition) is 0. The van der Waals surface area contributed by atoms with E-state index in [1.165, 1.54) is 4.18 Å². The first-order valence-electron chi connectivity index (χ1n) is 4.84. The van der Waals surface area contributed by atoms with Gasteiger partial charge in [-0.05, 0) is 0 Å². The summed E-state index contributed by atoms with van der Waals surface area (Å²) in [7, 11) is 0. The third kappa shape index (κ3) is 3.38. The van der Waals surface area contributed by atoms with E-state index in [-0.39, 0.29) is 0 Å². The van der Waals surface area contributed by atoms with Crippen molar-refractivity contribution in [3.05, 3.63) is 24.3 Å². The van der Waals surface area contributed by atoms with Gasteiger partial charge in [-0.3, -0.25) is 0 Å². The van der Waals surface area contributed by atoms with Gasteiger partial charge in [0, 0.05) is 0 Å². The first kappa shape index (κ1) is 10.4. The Balaban J connectivity index is 2.43. The predicted molar refractivity (Wildman–Crippen MR) is 57.9 cm³/mol. The molecular weight excluding hydrogens is 247 g/mol. The Hall–Kier alpha value is 0.350. The first-order valence-corrected chi connectivity index (χ1v) is 12.4. The fourth-order valence-electron chi connectivity index (χ4n) is 1.93. The molecule has 0 bridgehead atoms. The molecule has 0 saturated carbocycles. The van der Waals surface area contributed by atoms with Gasteiger partial charge in [0.15, 0.2) is 0 Å². The molecule has 0 aromatic carbocycles. The van der Waals surface area contributed by atoms with E-state index in [1.807, 2.05) is 0 Å². The maximum atomic E-state index is 2.55. The molecule has 0 heterocycles. The van der Waals surface area contributed by atoms with Crippen LogP contribution in [0.25, 0.3) is 0 Å². The Labute approximate surface area is 84.3 Å². The third-order valence-electron chi connectivity index (χ3n) is 2.37. The summed E-state index contributed by atoms with van der Waals surface area (Å²) in [6.07, 6.45) is 9.21. The Kier molecular flexibility index (Phi) is 3.51. The fraction of sp³-hybridized carbons (Fsp3) is 0.636. The Morgan fingerprint density at radius 3 is 2.08 bits per heavy atom. The summed E-state index contributed by atoms with van der Waals surface area (Å²) in [5.74, 6) is 0. The van der Waals surface area contributed by atoms with Crippen molar-refractivity contribution in [2.75, 3.05) is 0 Å². The summed E-state index contributed by atoms with van der Waals surface area (Å²) in [5, 5.41) is 0. The van der Waals surface area contributed by atoms with Gasteiger partial charge in [-0.25, -0.2) is 0 Å². The molecule has 0 spiro atoms. The van der Waals surface area contributed by atoms with Gasteiger partial charge in [-0.1, -0.05) is 0 Å². The summed E-state index contributed by atoms with van der Waals surface area (Å²) in [4.78, 5) is 0. The first-order chi connectivity index (χ1) is 5.49. The second-order valence-electron chi connectivity index (χ2n) is 5.09. The SMILES string of the molecule is [CH3][In]([CH2]C(C)(C)C)[CH]1C=CC=C1. The molecule has 0 aromatic heterocycles. The molecule has 1 rings (SSSR count). The van der Waals surface area contributed by atoms with Crippen molar-refractivity contribution in [2.24, 2.45) is 5.41 Å². The summed E-state index contributed by atoms with van der Waals surface area (Å²) in [6, 6.07) is 0. The molecule has 0 saturated heterocycles. The van der Waals surface area contributed by atoms with E-state index in [2.05, 4.69) is 49.8 Å². The minimum absolute atomic E-state index is 0.555. The molecule has 1 aliphatic rings. The van der Waals surface area contributed by atoms with E-state index >= 15 is 0 Å². The van der Waals surface area contributed by atoms with E-state index in [9.17, 15) is 0 Å². The summed E-state index contributed by atoms with van der Waals surface area (Å²) >= 11 is -1.23. The van der Waals surface area contributed by atoms with Gasteiger partial charge in [0.2, 0.25) is 0 Å². The topological polar surface area (TPSA) is 0 Å². The van der Waals surface area contributed by atoms with Crippen LogP contribution in [0.3, 0.4) is 0 Å². The number of rotatable bonds is 2. The molecule has 0 nitrogen and oxygen atoms in total. The average Bonchev–Trinajstić information content (AvgIpc) is 2.32. The molecule has 0 fully saturated rings. The van der Waals surface area contributed by atoms with Crippen molar-refractivity contribution in [1.29, 1.82) is 0 Å². The van der Waals surface area contributed by atoms with Crippen molar-refractivity contribution in [2.45, 2.75) is 33.3 Å². The van der Waals surface area contributed by atoms with Gasteiger partial charge in [0.25, 0.3) is 0 Å². The summed E-state index contributed by atoms with van der Waals surface area (Å²) < 4.78 is 4.96. The van der Waals surface area contributed by atoms with Crippen LogP contribution < -0.4 is 0 Å². The van der Waals surface area contributed by atoms with Gasteiger partial charge in [0.05, 0.1) is 0 Å². The molecule has 0 N–H and O–H groups in total. The molecule has 66 valence electrons. The Morgan fingerprint density at radius 1 is 1.17 bits per heavy atom. The van der Waals surface area contributed by atoms with Gasteiger partial charge >= 0.3 is 84.5 Å².